The van der Waals surface area contributed by atoms with Gasteiger partial charge < -0.3 is 9.80 Å². The predicted octanol–water partition coefficient (Wildman–Crippen LogP) is 4.01. The molecule has 3 aromatic rings. The molecule has 1 aliphatic rings. The molecule has 0 spiro atoms. The van der Waals surface area contributed by atoms with Crippen LogP contribution in [0.25, 0.3) is 10.7 Å². The summed E-state index contributed by atoms with van der Waals surface area (Å²) in [6, 6.07) is 15.0. The summed E-state index contributed by atoms with van der Waals surface area (Å²) < 4.78 is 0. The van der Waals surface area contributed by atoms with E-state index in [0.717, 1.165) is 28.8 Å². The van der Waals surface area contributed by atoms with E-state index in [4.69, 9.17) is 0 Å². The lowest BCUT2D eigenvalue weighted by Gasteiger charge is -2.25. The van der Waals surface area contributed by atoms with Crippen molar-refractivity contribution in [3.8, 4) is 10.7 Å². The summed E-state index contributed by atoms with van der Waals surface area (Å²) in [5.41, 5.74) is 3.46. The third kappa shape index (κ3) is 3.22. The summed E-state index contributed by atoms with van der Waals surface area (Å²) in [7, 11) is 4.16. The normalized spacial score (nSPS) is 17.0. The topological polar surface area (TPSA) is 45.2 Å². The van der Waals surface area contributed by atoms with Gasteiger partial charge in [-0.25, -0.2) is 0 Å². The first-order valence-corrected chi connectivity index (χ1v) is 9.33. The Balaban J connectivity index is 1.62. The van der Waals surface area contributed by atoms with Crippen molar-refractivity contribution in [3.05, 3.63) is 54.2 Å². The Labute approximate surface area is 152 Å². The van der Waals surface area contributed by atoms with Crippen LogP contribution in [0.2, 0.25) is 0 Å². The van der Waals surface area contributed by atoms with E-state index in [1.807, 2.05) is 18.2 Å². The van der Waals surface area contributed by atoms with E-state index >= 15 is 0 Å². The second-order valence-corrected chi connectivity index (χ2v) is 7.40. The molecule has 1 aliphatic heterocycles. The molecule has 0 radical (unpaired) electrons. The zero-order valence-electron chi connectivity index (χ0n) is 14.5. The molecule has 0 bridgehead atoms. The molecule has 128 valence electrons. The Morgan fingerprint density at radius 2 is 2.04 bits per heavy atom. The highest BCUT2D eigenvalue weighted by Crippen LogP contribution is 2.39. The molecule has 4 rings (SSSR count). The number of anilines is 2. The summed E-state index contributed by atoms with van der Waals surface area (Å²) in [5, 5.41) is 10.7. The Hall–Kier alpha value is -2.47. The highest BCUT2D eigenvalue weighted by Gasteiger charge is 2.29. The van der Waals surface area contributed by atoms with E-state index in [0.29, 0.717) is 6.04 Å². The van der Waals surface area contributed by atoms with Gasteiger partial charge in [0.2, 0.25) is 5.13 Å². The molecule has 0 amide bonds. The molecule has 2 aromatic heterocycles. The maximum absolute atomic E-state index is 4.45. The average molecular weight is 351 g/mol. The van der Waals surface area contributed by atoms with Crippen molar-refractivity contribution in [3.63, 3.8) is 0 Å². The van der Waals surface area contributed by atoms with Crippen LogP contribution in [0.3, 0.4) is 0 Å². The summed E-state index contributed by atoms with van der Waals surface area (Å²) >= 11 is 1.62. The highest BCUT2D eigenvalue weighted by atomic mass is 32.1. The van der Waals surface area contributed by atoms with Crippen molar-refractivity contribution in [1.82, 2.24) is 15.2 Å². The number of aromatic nitrogens is 3. The van der Waals surface area contributed by atoms with Crippen LogP contribution in [0.1, 0.15) is 24.4 Å². The lowest BCUT2D eigenvalue weighted by molar-refractivity contribution is 0.713. The fraction of sp³-hybridized carbons (Fsp3) is 0.316. The molecule has 1 aromatic carbocycles. The van der Waals surface area contributed by atoms with E-state index in [9.17, 15) is 0 Å². The first kappa shape index (κ1) is 16.0. The molecular weight excluding hydrogens is 330 g/mol. The number of hydrogen-bond acceptors (Lipinski definition) is 6. The molecule has 1 saturated heterocycles. The van der Waals surface area contributed by atoms with E-state index in [1.54, 1.807) is 17.5 Å². The molecule has 0 unspecified atom stereocenters. The van der Waals surface area contributed by atoms with Crippen LogP contribution in [0.15, 0.2) is 48.7 Å². The van der Waals surface area contributed by atoms with Gasteiger partial charge in [-0.05, 0) is 42.7 Å². The lowest BCUT2D eigenvalue weighted by atomic mass is 10.0. The van der Waals surface area contributed by atoms with Gasteiger partial charge in [0, 0.05) is 32.5 Å². The smallest absolute Gasteiger partial charge is 0.209 e. The van der Waals surface area contributed by atoms with Crippen LogP contribution in [0.5, 0.6) is 0 Å². The van der Waals surface area contributed by atoms with Gasteiger partial charge in [0.05, 0.1) is 6.04 Å². The summed E-state index contributed by atoms with van der Waals surface area (Å²) in [6.07, 6.45) is 4.12. The maximum atomic E-state index is 4.45. The zero-order chi connectivity index (χ0) is 17.2. The van der Waals surface area contributed by atoms with E-state index in [2.05, 4.69) is 63.3 Å². The van der Waals surface area contributed by atoms with E-state index in [1.165, 1.54) is 17.7 Å². The van der Waals surface area contributed by atoms with Gasteiger partial charge in [-0.3, -0.25) is 4.98 Å². The molecule has 0 saturated carbocycles. The number of benzene rings is 1. The van der Waals surface area contributed by atoms with Crippen LogP contribution in [0.4, 0.5) is 10.8 Å². The number of hydrogen-bond donors (Lipinski definition) is 0. The monoisotopic (exact) mass is 351 g/mol. The molecule has 1 atom stereocenters. The van der Waals surface area contributed by atoms with E-state index < -0.39 is 0 Å². The van der Waals surface area contributed by atoms with Gasteiger partial charge in [-0.2, -0.15) is 0 Å². The number of pyridine rings is 1. The average Bonchev–Trinajstić information content (AvgIpc) is 3.32. The Morgan fingerprint density at radius 3 is 2.84 bits per heavy atom. The Morgan fingerprint density at radius 1 is 1.12 bits per heavy atom. The minimum atomic E-state index is 0.365. The third-order valence-corrected chi connectivity index (χ3v) is 5.55. The summed E-state index contributed by atoms with van der Waals surface area (Å²) in [5.74, 6) is 0. The minimum absolute atomic E-state index is 0.365. The molecule has 5 nitrogen and oxygen atoms in total. The largest absolute Gasteiger partial charge is 0.378 e. The van der Waals surface area contributed by atoms with Crippen LogP contribution < -0.4 is 9.80 Å². The zero-order valence-corrected chi connectivity index (χ0v) is 15.3. The predicted molar refractivity (Wildman–Crippen MR) is 103 cm³/mol. The van der Waals surface area contributed by atoms with Gasteiger partial charge in [0.25, 0.3) is 0 Å². The van der Waals surface area contributed by atoms with Crippen molar-refractivity contribution < 1.29 is 0 Å². The Kier molecular flexibility index (Phi) is 4.36. The molecule has 0 aliphatic carbocycles. The second-order valence-electron chi connectivity index (χ2n) is 6.45. The molecular formula is C19H21N5S. The van der Waals surface area contributed by atoms with Crippen LogP contribution >= 0.6 is 11.3 Å². The van der Waals surface area contributed by atoms with Gasteiger partial charge in [0.1, 0.15) is 5.69 Å². The molecule has 25 heavy (non-hydrogen) atoms. The highest BCUT2D eigenvalue weighted by molar-refractivity contribution is 7.18. The second kappa shape index (κ2) is 6.80. The van der Waals surface area contributed by atoms with Gasteiger partial charge >= 0.3 is 0 Å². The third-order valence-electron chi connectivity index (χ3n) is 4.57. The van der Waals surface area contributed by atoms with Crippen molar-refractivity contribution in [1.29, 1.82) is 0 Å². The van der Waals surface area contributed by atoms with Gasteiger partial charge in [-0.1, -0.05) is 29.5 Å². The first-order chi connectivity index (χ1) is 12.2. The Bertz CT molecular complexity index is 846. The van der Waals surface area contributed by atoms with Crippen LogP contribution in [-0.2, 0) is 0 Å². The van der Waals surface area contributed by atoms with Gasteiger partial charge in [0.15, 0.2) is 5.01 Å². The molecule has 0 N–H and O–H groups in total. The number of rotatable bonds is 4. The maximum Gasteiger partial charge on any atom is 0.209 e. The van der Waals surface area contributed by atoms with Gasteiger partial charge in [-0.15, -0.1) is 10.2 Å². The lowest BCUT2D eigenvalue weighted by Crippen LogP contribution is -2.22. The van der Waals surface area contributed by atoms with Crippen molar-refractivity contribution in [2.45, 2.75) is 18.9 Å². The first-order valence-electron chi connectivity index (χ1n) is 8.51. The summed E-state index contributed by atoms with van der Waals surface area (Å²) in [4.78, 5) is 8.91. The standard InChI is InChI=1S/C19H21N5S/c1-23(2)15-8-5-7-14(13-15)17-10-6-12-24(17)19-22-21-18(25-19)16-9-3-4-11-20-16/h3-5,7-9,11,13,17H,6,10,12H2,1-2H3/t17-/m0/s1. The fourth-order valence-corrected chi connectivity index (χ4v) is 4.17. The molecule has 3 heterocycles. The minimum Gasteiger partial charge on any atom is -0.378 e. The fourth-order valence-electron chi connectivity index (χ4n) is 3.28. The van der Waals surface area contributed by atoms with Crippen molar-refractivity contribution in [2.24, 2.45) is 0 Å². The van der Waals surface area contributed by atoms with Crippen LogP contribution in [0, 0.1) is 0 Å². The van der Waals surface area contributed by atoms with Crippen molar-refractivity contribution in [2.75, 3.05) is 30.4 Å². The summed E-state index contributed by atoms with van der Waals surface area (Å²) in [6.45, 7) is 1.02. The van der Waals surface area contributed by atoms with Crippen LogP contribution in [-0.4, -0.2) is 35.8 Å². The van der Waals surface area contributed by atoms with Crippen molar-refractivity contribution >= 4 is 22.2 Å². The van der Waals surface area contributed by atoms with E-state index in [-0.39, 0.29) is 0 Å². The molecule has 6 heteroatoms. The molecule has 1 fully saturated rings. The SMILES string of the molecule is CN(C)c1cccc([C@@H]2CCCN2c2nnc(-c3ccccn3)s2)c1. The quantitative estimate of drug-likeness (QED) is 0.711. The number of nitrogens with zero attached hydrogens (tertiary/aromatic N) is 5.